The van der Waals surface area contributed by atoms with Gasteiger partial charge in [-0.25, -0.2) is 0 Å². The van der Waals surface area contributed by atoms with Gasteiger partial charge >= 0.3 is 0 Å². The Labute approximate surface area is 293 Å². The highest BCUT2D eigenvalue weighted by atomic mass is 32.1. The summed E-state index contributed by atoms with van der Waals surface area (Å²) in [4.78, 5) is 6.74. The zero-order valence-electron chi connectivity index (χ0n) is 28.3. The number of anilines is 2. The molecule has 0 saturated heterocycles. The van der Waals surface area contributed by atoms with Gasteiger partial charge in [-0.1, -0.05) is 66.2 Å². The number of thiophene rings is 3. The Kier molecular flexibility index (Phi) is 12.9. The van der Waals surface area contributed by atoms with E-state index in [4.69, 9.17) is 20.9 Å². The van der Waals surface area contributed by atoms with E-state index in [1.165, 1.54) is 59.4 Å². The van der Waals surface area contributed by atoms with E-state index in [1.807, 2.05) is 0 Å². The van der Waals surface area contributed by atoms with E-state index in [2.05, 4.69) is 100 Å². The van der Waals surface area contributed by atoms with Crippen molar-refractivity contribution in [1.29, 1.82) is 0 Å². The number of nitrogen functional groups attached to an aromatic ring is 2. The fraction of sp³-hybridized carbons (Fsp3) is 0.400. The first kappa shape index (κ1) is 35.1. The molecule has 0 spiro atoms. The molecule has 3 heterocycles. The van der Waals surface area contributed by atoms with Crippen molar-refractivity contribution in [2.24, 2.45) is 11.8 Å². The third-order valence-electron chi connectivity index (χ3n) is 8.98. The number of rotatable bonds is 18. The Balaban J connectivity index is 1.24. The van der Waals surface area contributed by atoms with Gasteiger partial charge in [-0.15, -0.1) is 34.0 Å². The third-order valence-corrected chi connectivity index (χ3v) is 12.8. The molecule has 0 aliphatic carbocycles. The molecule has 2 unspecified atom stereocenters. The molecule has 5 rings (SSSR count). The van der Waals surface area contributed by atoms with Crippen molar-refractivity contribution in [3.8, 4) is 51.9 Å². The monoisotopic (exact) mass is 686 g/mol. The Morgan fingerprint density at radius 1 is 0.511 bits per heavy atom. The molecule has 0 aliphatic rings. The topological polar surface area (TPSA) is 70.5 Å². The SMILES string of the molecule is CCCCC(CC)COc1ccc(-c2ccc(-c3sc(-c4ccc(-c5ccc(OCC(CC)CCCC)cc5)s4)c(N)c3N)s2)cc1. The van der Waals surface area contributed by atoms with E-state index in [0.29, 0.717) is 23.2 Å². The van der Waals surface area contributed by atoms with Crippen molar-refractivity contribution in [1.82, 2.24) is 0 Å². The molecular weight excluding hydrogens is 637 g/mol. The van der Waals surface area contributed by atoms with Crippen LogP contribution < -0.4 is 20.9 Å². The van der Waals surface area contributed by atoms with Crippen molar-refractivity contribution in [2.75, 3.05) is 24.7 Å². The highest BCUT2D eigenvalue weighted by Crippen LogP contribution is 2.51. The van der Waals surface area contributed by atoms with Crippen LogP contribution in [0.3, 0.4) is 0 Å². The molecule has 0 bridgehead atoms. The largest absolute Gasteiger partial charge is 0.493 e. The van der Waals surface area contributed by atoms with E-state index in [9.17, 15) is 0 Å². The van der Waals surface area contributed by atoms with Gasteiger partial charge in [-0.05, 0) is 109 Å². The van der Waals surface area contributed by atoms with Crippen LogP contribution in [0.1, 0.15) is 79.1 Å². The van der Waals surface area contributed by atoms with E-state index in [1.54, 1.807) is 34.0 Å². The maximum absolute atomic E-state index is 6.63. The lowest BCUT2D eigenvalue weighted by Gasteiger charge is -2.15. The Hall–Kier alpha value is -3.26. The maximum Gasteiger partial charge on any atom is 0.119 e. The highest BCUT2D eigenvalue weighted by Gasteiger charge is 2.20. The van der Waals surface area contributed by atoms with Gasteiger partial charge in [0.05, 0.1) is 34.3 Å². The quantitative estimate of drug-likeness (QED) is 0.0962. The number of hydrogen-bond donors (Lipinski definition) is 2. The predicted molar refractivity (Wildman–Crippen MR) is 208 cm³/mol. The fourth-order valence-corrected chi connectivity index (χ4v) is 9.12. The molecule has 3 aromatic heterocycles. The minimum atomic E-state index is 0.620. The fourth-order valence-electron chi connectivity index (χ4n) is 5.71. The van der Waals surface area contributed by atoms with Crippen LogP contribution in [0.5, 0.6) is 11.5 Å². The van der Waals surface area contributed by atoms with E-state index in [-0.39, 0.29) is 0 Å². The first-order chi connectivity index (χ1) is 22.9. The zero-order chi connectivity index (χ0) is 33.2. The summed E-state index contributed by atoms with van der Waals surface area (Å²) >= 11 is 5.17. The lowest BCUT2D eigenvalue weighted by molar-refractivity contribution is 0.233. The molecule has 0 amide bonds. The molecule has 0 fully saturated rings. The predicted octanol–water partition coefficient (Wildman–Crippen LogP) is 12.9. The van der Waals surface area contributed by atoms with Gasteiger partial charge in [0, 0.05) is 19.5 Å². The van der Waals surface area contributed by atoms with Gasteiger partial charge in [-0.3, -0.25) is 0 Å². The van der Waals surface area contributed by atoms with E-state index < -0.39 is 0 Å². The molecule has 4 N–H and O–H groups in total. The second kappa shape index (κ2) is 17.2. The minimum Gasteiger partial charge on any atom is -0.493 e. The summed E-state index contributed by atoms with van der Waals surface area (Å²) in [7, 11) is 0. The lowest BCUT2D eigenvalue weighted by Crippen LogP contribution is -2.11. The summed E-state index contributed by atoms with van der Waals surface area (Å²) in [5.74, 6) is 3.11. The molecule has 0 radical (unpaired) electrons. The van der Waals surface area contributed by atoms with Crippen LogP contribution in [0.4, 0.5) is 11.4 Å². The van der Waals surface area contributed by atoms with E-state index >= 15 is 0 Å². The molecule has 7 heteroatoms. The van der Waals surface area contributed by atoms with Crippen LogP contribution in [0, 0.1) is 11.8 Å². The first-order valence-corrected chi connectivity index (χ1v) is 19.7. The Bertz CT molecular complexity index is 1540. The van der Waals surface area contributed by atoms with Gasteiger partial charge in [-0.2, -0.15) is 0 Å². The number of hydrogen-bond acceptors (Lipinski definition) is 7. The molecule has 2 aromatic carbocycles. The third kappa shape index (κ3) is 9.01. The van der Waals surface area contributed by atoms with Crippen molar-refractivity contribution in [2.45, 2.75) is 79.1 Å². The molecule has 0 aliphatic heterocycles. The van der Waals surface area contributed by atoms with Gasteiger partial charge < -0.3 is 20.9 Å². The summed E-state index contributed by atoms with van der Waals surface area (Å²) in [6.45, 7) is 10.6. The first-order valence-electron chi connectivity index (χ1n) is 17.3. The summed E-state index contributed by atoms with van der Waals surface area (Å²) in [6.07, 6.45) is 9.78. The smallest absolute Gasteiger partial charge is 0.119 e. The van der Waals surface area contributed by atoms with Gasteiger partial charge in [0.25, 0.3) is 0 Å². The van der Waals surface area contributed by atoms with Gasteiger partial charge in [0.1, 0.15) is 11.5 Å². The summed E-state index contributed by atoms with van der Waals surface area (Å²) in [5, 5.41) is 0. The maximum atomic E-state index is 6.63. The molecule has 250 valence electrons. The van der Waals surface area contributed by atoms with Crippen molar-refractivity contribution in [3.63, 3.8) is 0 Å². The summed E-state index contributed by atoms with van der Waals surface area (Å²) < 4.78 is 12.3. The second-order valence-electron chi connectivity index (χ2n) is 12.4. The standard InChI is InChI=1S/C40H50N2O2S3/c1-5-9-11-27(7-3)25-43-31-17-13-29(14-18-31)33-21-23-35(45-33)39-37(41)38(42)40(47-39)36-24-22-34(46-36)30-15-19-32(20-16-30)44-26-28(8-4)12-10-6-2/h13-24,27-28H,5-12,25-26,41-42H2,1-4H3. The minimum absolute atomic E-state index is 0.620. The highest BCUT2D eigenvalue weighted by molar-refractivity contribution is 7.28. The van der Waals surface area contributed by atoms with Crippen LogP contribution in [-0.2, 0) is 0 Å². The molecule has 47 heavy (non-hydrogen) atoms. The Morgan fingerprint density at radius 3 is 1.26 bits per heavy atom. The van der Waals surface area contributed by atoms with Crippen molar-refractivity contribution < 1.29 is 9.47 Å². The van der Waals surface area contributed by atoms with Crippen molar-refractivity contribution in [3.05, 3.63) is 72.8 Å². The van der Waals surface area contributed by atoms with Crippen LogP contribution >= 0.6 is 34.0 Å². The lowest BCUT2D eigenvalue weighted by atomic mass is 10.0. The summed E-state index contributed by atoms with van der Waals surface area (Å²) in [6, 6.07) is 25.6. The molecule has 5 aromatic rings. The van der Waals surface area contributed by atoms with Crippen LogP contribution in [0.15, 0.2) is 72.8 Å². The summed E-state index contributed by atoms with van der Waals surface area (Å²) in [5.41, 5.74) is 16.9. The molecule has 0 saturated carbocycles. The van der Waals surface area contributed by atoms with Crippen LogP contribution in [-0.4, -0.2) is 13.2 Å². The number of nitrogens with two attached hydrogens (primary N) is 2. The average molecular weight is 687 g/mol. The molecule has 4 nitrogen and oxygen atoms in total. The average Bonchev–Trinajstić information content (AvgIpc) is 3.86. The normalized spacial score (nSPS) is 12.7. The van der Waals surface area contributed by atoms with Crippen LogP contribution in [0.25, 0.3) is 40.4 Å². The van der Waals surface area contributed by atoms with Gasteiger partial charge in [0.15, 0.2) is 0 Å². The number of ether oxygens (including phenoxy) is 2. The van der Waals surface area contributed by atoms with Crippen molar-refractivity contribution >= 4 is 45.4 Å². The number of benzene rings is 2. The second-order valence-corrected chi connectivity index (χ2v) is 15.6. The molecule has 2 atom stereocenters. The zero-order valence-corrected chi connectivity index (χ0v) is 30.8. The van der Waals surface area contributed by atoms with Gasteiger partial charge in [0.2, 0.25) is 0 Å². The Morgan fingerprint density at radius 2 is 0.894 bits per heavy atom. The van der Waals surface area contributed by atoms with Crippen LogP contribution in [0.2, 0.25) is 0 Å². The molecular formula is C40H50N2O2S3. The number of unbranched alkanes of at least 4 members (excludes halogenated alkanes) is 2. The van der Waals surface area contributed by atoms with E-state index in [0.717, 1.165) is 57.1 Å².